The number of thioether (sulfide) groups is 1. The van der Waals surface area contributed by atoms with Gasteiger partial charge in [-0.2, -0.15) is 11.8 Å². The molecule has 0 bridgehead atoms. The quantitative estimate of drug-likeness (QED) is 0.778. The Labute approximate surface area is 140 Å². The average molecular weight is 331 g/mol. The summed E-state index contributed by atoms with van der Waals surface area (Å²) in [6, 6.07) is 0.849. The summed E-state index contributed by atoms with van der Waals surface area (Å²) in [6.45, 7) is 13.0. The first-order valence-corrected chi connectivity index (χ1v) is 9.56. The highest BCUT2D eigenvalue weighted by atomic mass is 32.2. The number of carbonyl (C=O) groups is 1. The molecule has 0 aromatic rings. The average Bonchev–Trinajstić information content (AvgIpc) is 2.36. The number of hydrogen-bond donors (Lipinski definition) is 2. The van der Waals surface area contributed by atoms with Gasteiger partial charge in [-0.3, -0.25) is 0 Å². The molecule has 1 saturated heterocycles. The highest BCUT2D eigenvalue weighted by Gasteiger charge is 2.25. The van der Waals surface area contributed by atoms with E-state index in [9.17, 15) is 4.79 Å². The zero-order chi connectivity index (χ0) is 16.8. The van der Waals surface area contributed by atoms with Crippen molar-refractivity contribution in [2.45, 2.75) is 83.7 Å². The van der Waals surface area contributed by atoms with Crippen LogP contribution in [-0.2, 0) is 4.74 Å². The van der Waals surface area contributed by atoms with E-state index in [1.165, 1.54) is 18.6 Å². The Morgan fingerprint density at radius 1 is 1.36 bits per heavy atom. The first-order valence-electron chi connectivity index (χ1n) is 8.52. The fourth-order valence-corrected chi connectivity index (χ4v) is 3.90. The summed E-state index contributed by atoms with van der Waals surface area (Å²) in [5.41, 5.74) is -0.445. The maximum Gasteiger partial charge on any atom is 0.407 e. The molecule has 1 heterocycles. The second kappa shape index (κ2) is 9.02. The minimum absolute atomic E-state index is 0.304. The maximum absolute atomic E-state index is 11.8. The molecule has 2 N–H and O–H groups in total. The fraction of sp³-hybridized carbons (Fsp3) is 0.941. The van der Waals surface area contributed by atoms with Crippen LogP contribution in [0.1, 0.15) is 60.8 Å². The van der Waals surface area contributed by atoms with Crippen molar-refractivity contribution >= 4 is 17.9 Å². The standard InChI is InChI=1S/C17H34N2O2S/c1-12(2)10-14(11-18-16(20)21-17(4,5)6)19-15-8-7-9-22-13(15)3/h12-15,19H,7-11H2,1-6H3,(H,18,20). The van der Waals surface area contributed by atoms with E-state index in [4.69, 9.17) is 4.74 Å². The van der Waals surface area contributed by atoms with Crippen molar-refractivity contribution in [2.75, 3.05) is 12.3 Å². The van der Waals surface area contributed by atoms with Crippen LogP contribution >= 0.6 is 11.8 Å². The van der Waals surface area contributed by atoms with Gasteiger partial charge in [0.2, 0.25) is 0 Å². The molecule has 1 aliphatic heterocycles. The van der Waals surface area contributed by atoms with E-state index in [0.717, 1.165) is 6.42 Å². The fourth-order valence-electron chi connectivity index (χ4n) is 2.74. The number of nitrogens with one attached hydrogen (secondary N) is 2. The van der Waals surface area contributed by atoms with Crippen LogP contribution in [0, 0.1) is 5.92 Å². The van der Waals surface area contributed by atoms with Crippen molar-refractivity contribution in [3.05, 3.63) is 0 Å². The lowest BCUT2D eigenvalue weighted by molar-refractivity contribution is 0.0519. The normalized spacial score (nSPS) is 24.1. The molecule has 0 radical (unpaired) electrons. The summed E-state index contributed by atoms with van der Waals surface area (Å²) in [6.07, 6.45) is 3.24. The van der Waals surface area contributed by atoms with Gasteiger partial charge in [-0.05, 0) is 51.7 Å². The summed E-state index contributed by atoms with van der Waals surface area (Å²) in [5, 5.41) is 7.33. The number of rotatable bonds is 6. The van der Waals surface area contributed by atoms with Gasteiger partial charge in [0.15, 0.2) is 0 Å². The van der Waals surface area contributed by atoms with E-state index in [-0.39, 0.29) is 6.09 Å². The Morgan fingerprint density at radius 2 is 2.05 bits per heavy atom. The number of alkyl carbamates (subject to hydrolysis) is 1. The molecule has 3 atom stereocenters. The van der Waals surface area contributed by atoms with E-state index >= 15 is 0 Å². The van der Waals surface area contributed by atoms with E-state index in [1.807, 2.05) is 32.5 Å². The predicted octanol–water partition coefficient (Wildman–Crippen LogP) is 3.80. The number of hydrogen-bond acceptors (Lipinski definition) is 4. The van der Waals surface area contributed by atoms with Gasteiger partial charge in [0.1, 0.15) is 5.60 Å². The SMILES string of the molecule is CC(C)CC(CNC(=O)OC(C)(C)C)NC1CCCSC1C. The monoisotopic (exact) mass is 330 g/mol. The van der Waals surface area contributed by atoms with Gasteiger partial charge in [0, 0.05) is 23.9 Å². The van der Waals surface area contributed by atoms with E-state index in [1.54, 1.807) is 0 Å². The van der Waals surface area contributed by atoms with Crippen LogP contribution in [0.25, 0.3) is 0 Å². The molecular weight excluding hydrogens is 296 g/mol. The van der Waals surface area contributed by atoms with E-state index in [0.29, 0.717) is 29.8 Å². The second-order valence-electron chi connectivity index (χ2n) is 7.70. The van der Waals surface area contributed by atoms with Crippen LogP contribution < -0.4 is 10.6 Å². The van der Waals surface area contributed by atoms with Gasteiger partial charge in [-0.15, -0.1) is 0 Å². The highest BCUT2D eigenvalue weighted by molar-refractivity contribution is 7.99. The molecule has 0 aromatic heterocycles. The van der Waals surface area contributed by atoms with Gasteiger partial charge in [-0.25, -0.2) is 4.79 Å². The second-order valence-corrected chi connectivity index (χ2v) is 9.19. The topological polar surface area (TPSA) is 50.4 Å². The van der Waals surface area contributed by atoms with Crippen LogP contribution in [0.2, 0.25) is 0 Å². The van der Waals surface area contributed by atoms with Crippen LogP contribution in [0.4, 0.5) is 4.79 Å². The summed E-state index contributed by atoms with van der Waals surface area (Å²) < 4.78 is 5.32. The van der Waals surface area contributed by atoms with Crippen LogP contribution in [0.3, 0.4) is 0 Å². The first-order chi connectivity index (χ1) is 10.2. The van der Waals surface area contributed by atoms with Crippen LogP contribution in [0.5, 0.6) is 0 Å². The first kappa shape index (κ1) is 19.6. The van der Waals surface area contributed by atoms with Gasteiger partial charge in [0.05, 0.1) is 0 Å². The largest absolute Gasteiger partial charge is 0.444 e. The third kappa shape index (κ3) is 8.28. The Morgan fingerprint density at radius 3 is 2.59 bits per heavy atom. The lowest BCUT2D eigenvalue weighted by atomic mass is 10.0. The molecule has 5 heteroatoms. The molecule has 130 valence electrons. The summed E-state index contributed by atoms with van der Waals surface area (Å²) >= 11 is 2.04. The lowest BCUT2D eigenvalue weighted by Gasteiger charge is -2.34. The molecule has 22 heavy (non-hydrogen) atoms. The summed E-state index contributed by atoms with van der Waals surface area (Å²) in [4.78, 5) is 11.8. The third-order valence-corrected chi connectivity index (χ3v) is 5.08. The summed E-state index contributed by atoms with van der Waals surface area (Å²) in [5.74, 6) is 1.87. The lowest BCUT2D eigenvalue weighted by Crippen LogP contribution is -2.50. The molecule has 4 nitrogen and oxygen atoms in total. The Balaban J connectivity index is 2.48. The third-order valence-electron chi connectivity index (χ3n) is 3.70. The minimum atomic E-state index is -0.445. The van der Waals surface area contributed by atoms with Crippen molar-refractivity contribution in [1.29, 1.82) is 0 Å². The number of carbonyl (C=O) groups excluding carboxylic acids is 1. The molecule has 1 aliphatic rings. The zero-order valence-electron chi connectivity index (χ0n) is 15.1. The highest BCUT2D eigenvalue weighted by Crippen LogP contribution is 2.25. The van der Waals surface area contributed by atoms with Gasteiger partial charge >= 0.3 is 6.09 Å². The Kier molecular flexibility index (Phi) is 8.04. The molecule has 0 spiro atoms. The number of amides is 1. The molecule has 0 aliphatic carbocycles. The molecule has 1 fully saturated rings. The molecule has 1 amide bonds. The van der Waals surface area contributed by atoms with Gasteiger partial charge in [-0.1, -0.05) is 20.8 Å². The summed E-state index contributed by atoms with van der Waals surface area (Å²) in [7, 11) is 0. The van der Waals surface area contributed by atoms with E-state index in [2.05, 4.69) is 31.4 Å². The molecular formula is C17H34N2O2S. The maximum atomic E-state index is 11.8. The van der Waals surface area contributed by atoms with Gasteiger partial charge < -0.3 is 15.4 Å². The zero-order valence-corrected chi connectivity index (χ0v) is 15.9. The van der Waals surface area contributed by atoms with Crippen LogP contribution in [-0.4, -0.2) is 41.3 Å². The predicted molar refractivity (Wildman–Crippen MR) is 95.6 cm³/mol. The molecule has 1 rings (SSSR count). The molecule has 0 aromatic carbocycles. The van der Waals surface area contributed by atoms with E-state index < -0.39 is 5.60 Å². The minimum Gasteiger partial charge on any atom is -0.444 e. The van der Waals surface area contributed by atoms with Crippen molar-refractivity contribution in [3.8, 4) is 0 Å². The molecule has 0 saturated carbocycles. The van der Waals surface area contributed by atoms with Crippen molar-refractivity contribution in [3.63, 3.8) is 0 Å². The smallest absolute Gasteiger partial charge is 0.407 e. The Bertz CT molecular complexity index is 342. The number of ether oxygens (including phenoxy) is 1. The van der Waals surface area contributed by atoms with Crippen molar-refractivity contribution in [1.82, 2.24) is 10.6 Å². The van der Waals surface area contributed by atoms with Crippen molar-refractivity contribution in [2.24, 2.45) is 5.92 Å². The molecule has 3 unspecified atom stereocenters. The van der Waals surface area contributed by atoms with Gasteiger partial charge in [0.25, 0.3) is 0 Å². The Hall–Kier alpha value is -0.420. The van der Waals surface area contributed by atoms with Crippen LogP contribution in [0.15, 0.2) is 0 Å². The van der Waals surface area contributed by atoms with Crippen molar-refractivity contribution < 1.29 is 9.53 Å².